The van der Waals surface area contributed by atoms with Crippen molar-refractivity contribution in [2.24, 2.45) is 10.9 Å². The number of amides is 1. The van der Waals surface area contributed by atoms with Gasteiger partial charge in [0.25, 0.3) is 0 Å². The zero-order valence-electron chi connectivity index (χ0n) is 24.6. The molecule has 2 aromatic carbocycles. The molecule has 1 saturated heterocycles. The zero-order chi connectivity index (χ0) is 29.8. The topological polar surface area (TPSA) is 88.5 Å². The second kappa shape index (κ2) is 13.0. The van der Waals surface area contributed by atoms with E-state index in [0.29, 0.717) is 43.8 Å². The Morgan fingerprint density at radius 1 is 0.976 bits per heavy atom. The molecule has 0 N–H and O–H groups in total. The maximum atomic E-state index is 13.7. The SMILES string of the molecule is CCOC(=O)C1=C(c2ccccc2)N=C2SC=C(CC(=O)N3CCC(C(=O)OCC)CC3)N2C1c1cc(C)ccc1C. The fraction of sp³-hybridized carbons (Fsp3) is 0.394. The molecule has 1 fully saturated rings. The minimum atomic E-state index is -0.518. The Morgan fingerprint density at radius 2 is 1.69 bits per heavy atom. The van der Waals surface area contributed by atoms with Crippen LogP contribution in [0.25, 0.3) is 5.70 Å². The largest absolute Gasteiger partial charge is 0.466 e. The molecule has 0 bridgehead atoms. The van der Waals surface area contributed by atoms with Crippen LogP contribution in [0, 0.1) is 19.8 Å². The van der Waals surface area contributed by atoms with Crippen molar-refractivity contribution < 1.29 is 23.9 Å². The lowest BCUT2D eigenvalue weighted by Crippen LogP contribution is -2.42. The highest BCUT2D eigenvalue weighted by atomic mass is 32.2. The van der Waals surface area contributed by atoms with E-state index >= 15 is 0 Å². The number of benzene rings is 2. The summed E-state index contributed by atoms with van der Waals surface area (Å²) >= 11 is 1.46. The predicted molar refractivity (Wildman–Crippen MR) is 164 cm³/mol. The molecule has 3 heterocycles. The minimum absolute atomic E-state index is 0.0133. The summed E-state index contributed by atoms with van der Waals surface area (Å²) in [6.45, 7) is 9.29. The number of thioether (sulfide) groups is 1. The molecule has 5 rings (SSSR count). The summed E-state index contributed by atoms with van der Waals surface area (Å²) in [7, 11) is 0. The quantitative estimate of drug-likeness (QED) is 0.362. The van der Waals surface area contributed by atoms with Crippen LogP contribution in [-0.4, -0.2) is 59.1 Å². The normalized spacial score (nSPS) is 18.8. The second-order valence-corrected chi connectivity index (χ2v) is 11.5. The Balaban J connectivity index is 1.50. The number of amidine groups is 1. The molecule has 2 aromatic rings. The van der Waals surface area contributed by atoms with Crippen LogP contribution in [0.4, 0.5) is 0 Å². The maximum Gasteiger partial charge on any atom is 0.338 e. The van der Waals surface area contributed by atoms with Gasteiger partial charge in [0.15, 0.2) is 5.17 Å². The van der Waals surface area contributed by atoms with Crippen LogP contribution < -0.4 is 0 Å². The average Bonchev–Trinajstić information content (AvgIpc) is 3.40. The fourth-order valence-electron chi connectivity index (χ4n) is 5.73. The molecule has 42 heavy (non-hydrogen) atoms. The van der Waals surface area contributed by atoms with Gasteiger partial charge < -0.3 is 19.3 Å². The van der Waals surface area contributed by atoms with Crippen LogP contribution in [0.5, 0.6) is 0 Å². The number of fused-ring (bicyclic) bond motifs is 1. The Labute approximate surface area is 251 Å². The van der Waals surface area contributed by atoms with Gasteiger partial charge in [-0.05, 0) is 57.1 Å². The summed E-state index contributed by atoms with van der Waals surface area (Å²) in [6.07, 6.45) is 1.35. The van der Waals surface area contributed by atoms with Crippen molar-refractivity contribution in [1.82, 2.24) is 9.80 Å². The van der Waals surface area contributed by atoms with E-state index in [0.717, 1.165) is 33.1 Å². The summed E-state index contributed by atoms with van der Waals surface area (Å²) in [5, 5.41) is 2.69. The molecule has 1 atom stereocenters. The second-order valence-electron chi connectivity index (χ2n) is 10.7. The summed E-state index contributed by atoms with van der Waals surface area (Å²) in [6, 6.07) is 15.4. The molecule has 9 heteroatoms. The maximum absolute atomic E-state index is 13.7. The number of aryl methyl sites for hydroxylation is 2. The van der Waals surface area contributed by atoms with E-state index in [1.54, 1.807) is 13.8 Å². The number of carbonyl (C=O) groups excluding carboxylic acids is 3. The summed E-state index contributed by atoms with van der Waals surface area (Å²) in [5.74, 6) is -0.787. The number of hydrogen-bond donors (Lipinski definition) is 0. The Bertz CT molecular complexity index is 1460. The first-order valence-electron chi connectivity index (χ1n) is 14.5. The number of carbonyl (C=O) groups is 3. The van der Waals surface area contributed by atoms with Crippen molar-refractivity contribution in [2.75, 3.05) is 26.3 Å². The van der Waals surface area contributed by atoms with Crippen LogP contribution in [0.2, 0.25) is 0 Å². The van der Waals surface area contributed by atoms with Gasteiger partial charge in [0.2, 0.25) is 5.91 Å². The van der Waals surface area contributed by atoms with Crippen molar-refractivity contribution in [2.45, 2.75) is 53.0 Å². The van der Waals surface area contributed by atoms with Gasteiger partial charge in [-0.2, -0.15) is 0 Å². The molecule has 3 aliphatic rings. The lowest BCUT2D eigenvalue weighted by atomic mass is 9.88. The predicted octanol–water partition coefficient (Wildman–Crippen LogP) is 5.77. The number of aliphatic imine (C=N–C) groups is 1. The molecule has 1 amide bonds. The van der Waals surface area contributed by atoms with Crippen molar-refractivity contribution in [3.63, 3.8) is 0 Å². The van der Waals surface area contributed by atoms with Gasteiger partial charge in [-0.15, -0.1) is 0 Å². The molecule has 1 unspecified atom stereocenters. The van der Waals surface area contributed by atoms with E-state index in [1.165, 1.54) is 11.8 Å². The number of esters is 2. The third-order valence-electron chi connectivity index (χ3n) is 7.88. The number of likely N-dealkylation sites (tertiary alicyclic amines) is 1. The van der Waals surface area contributed by atoms with Crippen molar-refractivity contribution in [3.05, 3.63) is 87.5 Å². The zero-order valence-corrected chi connectivity index (χ0v) is 25.4. The standard InChI is InChI=1S/C33H37N3O5S/c1-5-40-31(38)24-14-16-35(17-15-24)27(37)19-25-20-42-33-34-29(23-10-8-7-9-11-23)28(32(39)41-6-2)30(36(25)33)26-18-21(3)12-13-22(26)4/h7-13,18,20,24,30H,5-6,14-17,19H2,1-4H3. The molecule has 0 aliphatic carbocycles. The fourth-order valence-corrected chi connectivity index (χ4v) is 6.65. The first-order chi connectivity index (χ1) is 20.3. The van der Waals surface area contributed by atoms with Gasteiger partial charge in [0.1, 0.15) is 0 Å². The third-order valence-corrected chi connectivity index (χ3v) is 8.77. The molecule has 0 aromatic heterocycles. The smallest absolute Gasteiger partial charge is 0.338 e. The van der Waals surface area contributed by atoms with E-state index in [9.17, 15) is 14.4 Å². The third kappa shape index (κ3) is 6.02. The molecule has 8 nitrogen and oxygen atoms in total. The van der Waals surface area contributed by atoms with Gasteiger partial charge in [-0.3, -0.25) is 9.59 Å². The molecule has 220 valence electrons. The average molecular weight is 588 g/mol. The molecule has 0 saturated carbocycles. The highest BCUT2D eigenvalue weighted by molar-refractivity contribution is 8.16. The molecule has 0 spiro atoms. The minimum Gasteiger partial charge on any atom is -0.466 e. The van der Waals surface area contributed by atoms with Crippen molar-refractivity contribution in [3.8, 4) is 0 Å². The van der Waals surface area contributed by atoms with Gasteiger partial charge in [-0.25, -0.2) is 9.79 Å². The van der Waals surface area contributed by atoms with E-state index < -0.39 is 12.0 Å². The number of nitrogens with zero attached hydrogens (tertiary/aromatic N) is 3. The van der Waals surface area contributed by atoms with Crippen molar-refractivity contribution in [1.29, 1.82) is 0 Å². The number of hydrogen-bond acceptors (Lipinski definition) is 8. The lowest BCUT2D eigenvalue weighted by Gasteiger charge is -2.38. The van der Waals surface area contributed by atoms with Gasteiger partial charge >= 0.3 is 11.9 Å². The van der Waals surface area contributed by atoms with Gasteiger partial charge in [-0.1, -0.05) is 65.9 Å². The highest BCUT2D eigenvalue weighted by Crippen LogP contribution is 2.48. The lowest BCUT2D eigenvalue weighted by molar-refractivity contribution is -0.151. The number of piperidine rings is 1. The van der Waals surface area contributed by atoms with E-state index in [2.05, 4.69) is 18.2 Å². The number of ether oxygens (including phenoxy) is 2. The van der Waals surface area contributed by atoms with Gasteiger partial charge in [0, 0.05) is 24.4 Å². The Hall–Kier alpha value is -3.85. The molecule has 0 radical (unpaired) electrons. The van der Waals surface area contributed by atoms with Crippen LogP contribution >= 0.6 is 11.8 Å². The highest BCUT2D eigenvalue weighted by Gasteiger charge is 2.43. The first kappa shape index (κ1) is 29.6. The number of rotatable bonds is 8. The van der Waals surface area contributed by atoms with Crippen LogP contribution in [0.1, 0.15) is 61.4 Å². The Kier molecular flexibility index (Phi) is 9.16. The van der Waals surface area contributed by atoms with Crippen molar-refractivity contribution >= 4 is 40.5 Å². The van der Waals surface area contributed by atoms with E-state index in [-0.39, 0.29) is 30.8 Å². The summed E-state index contributed by atoms with van der Waals surface area (Å²) in [5.41, 5.74) is 5.73. The van der Waals surface area contributed by atoms with Crippen LogP contribution in [0.3, 0.4) is 0 Å². The summed E-state index contributed by atoms with van der Waals surface area (Å²) in [4.78, 5) is 48.4. The molecular formula is C33H37N3O5S. The molecule has 3 aliphatic heterocycles. The van der Waals surface area contributed by atoms with Gasteiger partial charge in [0.05, 0.1) is 42.9 Å². The molecular weight excluding hydrogens is 550 g/mol. The Morgan fingerprint density at radius 3 is 2.38 bits per heavy atom. The van der Waals surface area contributed by atoms with Crippen LogP contribution in [0.15, 0.2) is 70.2 Å². The van der Waals surface area contributed by atoms with Crippen LogP contribution in [-0.2, 0) is 23.9 Å². The van der Waals surface area contributed by atoms with E-state index in [1.807, 2.05) is 59.4 Å². The monoisotopic (exact) mass is 587 g/mol. The van der Waals surface area contributed by atoms with E-state index in [4.69, 9.17) is 14.5 Å². The summed E-state index contributed by atoms with van der Waals surface area (Å²) < 4.78 is 10.8. The first-order valence-corrected chi connectivity index (χ1v) is 15.4.